The van der Waals surface area contributed by atoms with Crippen LogP contribution in [0, 0.1) is 0 Å². The summed E-state index contributed by atoms with van der Waals surface area (Å²) >= 11 is 3.34. The number of ether oxygens (including phenoxy) is 8. The first-order valence-corrected chi connectivity index (χ1v) is 11.6. The van der Waals surface area contributed by atoms with E-state index in [9.17, 15) is 24.0 Å². The highest BCUT2D eigenvalue weighted by Gasteiger charge is 2.67. The molecule has 0 aliphatic carbocycles. The monoisotopic (exact) mass is 581 g/mol. The maximum Gasteiger partial charge on any atom is 0.380 e. The molecule has 0 N–H and O–H groups in total. The van der Waals surface area contributed by atoms with Gasteiger partial charge in [-0.3, -0.25) is 19.2 Å². The number of carbonyl (C=O) groups is 5. The topological polar surface area (TPSA) is 172 Å². The number of carbonyl (C=O) groups excluding carboxylic acids is 5. The average Bonchev–Trinajstić information content (AvgIpc) is 2.77. The van der Waals surface area contributed by atoms with Crippen LogP contribution < -0.4 is 0 Å². The van der Waals surface area contributed by atoms with Crippen molar-refractivity contribution in [3.63, 3.8) is 0 Å². The summed E-state index contributed by atoms with van der Waals surface area (Å²) in [7, 11) is 2.47. The van der Waals surface area contributed by atoms with Crippen LogP contribution in [0.1, 0.15) is 27.7 Å². The zero-order chi connectivity index (χ0) is 27.2. The predicted octanol–water partition coefficient (Wildman–Crippen LogP) is -0.180. The molecule has 2 aliphatic rings. The SMILES string of the molecule is COCC1=N[C@H]2[C@@H](OC(C)=O)[C@H]([C@H](OC(C)=O)[C@@H](COC(C)=O)OC(C)=O)O[C@@](C(=O)OC)(O1)[C@@H]2Br. The lowest BCUT2D eigenvalue weighted by Crippen LogP contribution is -2.72. The van der Waals surface area contributed by atoms with Crippen LogP contribution in [0.4, 0.5) is 0 Å². The molecule has 15 heteroatoms. The molecule has 2 bridgehead atoms. The molecule has 2 aliphatic heterocycles. The Hall–Kier alpha value is -2.78. The van der Waals surface area contributed by atoms with Gasteiger partial charge >= 0.3 is 35.6 Å². The summed E-state index contributed by atoms with van der Waals surface area (Å²) in [5.74, 6) is -6.35. The van der Waals surface area contributed by atoms with Crippen molar-refractivity contribution in [2.75, 3.05) is 27.4 Å². The quantitative estimate of drug-likeness (QED) is 0.189. The minimum atomic E-state index is -2.20. The van der Waals surface area contributed by atoms with Gasteiger partial charge < -0.3 is 37.9 Å². The first-order valence-electron chi connectivity index (χ1n) is 10.7. The zero-order valence-corrected chi connectivity index (χ0v) is 22.1. The third kappa shape index (κ3) is 6.70. The molecule has 2 heterocycles. The summed E-state index contributed by atoms with van der Waals surface area (Å²) in [6, 6.07) is -1.05. The van der Waals surface area contributed by atoms with E-state index in [2.05, 4.69) is 20.9 Å². The molecule has 0 saturated carbocycles. The Balaban J connectivity index is 2.68. The van der Waals surface area contributed by atoms with Gasteiger partial charge in [-0.25, -0.2) is 9.79 Å². The molecule has 0 aromatic carbocycles. The molecule has 0 spiro atoms. The molecular formula is C21H28BrNO13. The van der Waals surface area contributed by atoms with Crippen LogP contribution in [0.5, 0.6) is 0 Å². The smallest absolute Gasteiger partial charge is 0.380 e. The van der Waals surface area contributed by atoms with Crippen LogP contribution in [-0.4, -0.2) is 104 Å². The molecular weight excluding hydrogens is 554 g/mol. The van der Waals surface area contributed by atoms with Gasteiger partial charge in [0.05, 0.1) is 7.11 Å². The van der Waals surface area contributed by atoms with Crippen molar-refractivity contribution in [2.45, 2.75) is 68.8 Å². The first-order chi connectivity index (χ1) is 16.9. The van der Waals surface area contributed by atoms with Gasteiger partial charge in [0.2, 0.25) is 5.90 Å². The Morgan fingerprint density at radius 2 is 1.64 bits per heavy atom. The Morgan fingerprint density at radius 1 is 1.00 bits per heavy atom. The lowest BCUT2D eigenvalue weighted by molar-refractivity contribution is -0.298. The second-order valence-electron chi connectivity index (χ2n) is 7.79. The summed E-state index contributed by atoms with van der Waals surface area (Å²) < 4.78 is 42.9. The largest absolute Gasteiger partial charge is 0.464 e. The van der Waals surface area contributed by atoms with Crippen LogP contribution >= 0.6 is 15.9 Å². The molecule has 7 atom stereocenters. The van der Waals surface area contributed by atoms with Gasteiger partial charge in [-0.2, -0.15) is 0 Å². The standard InChI is InChI=1S/C21H28BrNO13/c1-9(24)31-7-13(32-10(2)25)16(33-11(3)26)18-17(34-12(4)27)15-19(22)21(36-18,20(28)30-6)35-14(23-15)8-29-5/h13,15-19H,7-8H2,1-6H3/t13-,15+,16-,17-,18+,19-,21+/m1/s1. The fourth-order valence-corrected chi connectivity index (χ4v) is 4.59. The van der Waals surface area contributed by atoms with Crippen molar-refractivity contribution in [1.82, 2.24) is 0 Å². The van der Waals surface area contributed by atoms with Gasteiger partial charge in [0, 0.05) is 34.8 Å². The number of alkyl halides is 1. The zero-order valence-electron chi connectivity index (χ0n) is 20.5. The Labute approximate surface area is 215 Å². The molecule has 202 valence electrons. The highest BCUT2D eigenvalue weighted by Crippen LogP contribution is 2.44. The van der Waals surface area contributed by atoms with Gasteiger partial charge in [0.15, 0.2) is 18.3 Å². The van der Waals surface area contributed by atoms with E-state index in [0.29, 0.717) is 0 Å². The van der Waals surface area contributed by atoms with Crippen molar-refractivity contribution < 1.29 is 61.9 Å². The molecule has 2 rings (SSSR count). The number of fused-ring (bicyclic) bond motifs is 2. The van der Waals surface area contributed by atoms with Crippen molar-refractivity contribution >= 4 is 51.7 Å². The van der Waals surface area contributed by atoms with Crippen molar-refractivity contribution in [1.29, 1.82) is 0 Å². The van der Waals surface area contributed by atoms with E-state index in [1.165, 1.54) is 7.11 Å². The number of rotatable bonds is 10. The van der Waals surface area contributed by atoms with Gasteiger partial charge in [0.25, 0.3) is 0 Å². The minimum absolute atomic E-state index is 0.0558. The van der Waals surface area contributed by atoms with Gasteiger partial charge in [-0.1, -0.05) is 15.9 Å². The first kappa shape index (κ1) is 29.5. The second-order valence-corrected chi connectivity index (χ2v) is 8.78. The predicted molar refractivity (Wildman–Crippen MR) is 120 cm³/mol. The molecule has 14 nitrogen and oxygen atoms in total. The summed E-state index contributed by atoms with van der Waals surface area (Å²) in [5.41, 5.74) is 0. The fraction of sp³-hybridized carbons (Fsp3) is 0.714. The van der Waals surface area contributed by atoms with Gasteiger partial charge in [0.1, 0.15) is 30.2 Å². The van der Waals surface area contributed by atoms with Crippen LogP contribution in [0.3, 0.4) is 0 Å². The number of nitrogens with zero attached hydrogens (tertiary/aromatic N) is 1. The van der Waals surface area contributed by atoms with Gasteiger partial charge in [-0.15, -0.1) is 0 Å². The van der Waals surface area contributed by atoms with E-state index in [0.717, 1.165) is 34.8 Å². The normalized spacial score (nSPS) is 28.4. The van der Waals surface area contributed by atoms with Crippen molar-refractivity contribution in [3.05, 3.63) is 0 Å². The molecule has 36 heavy (non-hydrogen) atoms. The minimum Gasteiger partial charge on any atom is -0.464 e. The Morgan fingerprint density at radius 3 is 2.14 bits per heavy atom. The molecule has 1 saturated heterocycles. The third-order valence-electron chi connectivity index (χ3n) is 5.00. The summed E-state index contributed by atoms with van der Waals surface area (Å²) in [5, 5.41) is 0. The van der Waals surface area contributed by atoms with Crippen molar-refractivity contribution in [3.8, 4) is 0 Å². The number of hydrogen-bond acceptors (Lipinski definition) is 14. The lowest BCUT2D eigenvalue weighted by Gasteiger charge is -2.51. The van der Waals surface area contributed by atoms with E-state index in [1.807, 2.05) is 0 Å². The van der Waals surface area contributed by atoms with E-state index < -0.39 is 77.5 Å². The lowest BCUT2D eigenvalue weighted by atomic mass is 9.87. The van der Waals surface area contributed by atoms with E-state index in [4.69, 9.17) is 37.9 Å². The molecule has 0 aromatic rings. The molecule has 1 fully saturated rings. The van der Waals surface area contributed by atoms with E-state index in [1.54, 1.807) is 0 Å². The second kappa shape index (κ2) is 12.5. The highest BCUT2D eigenvalue weighted by molar-refractivity contribution is 9.09. The highest BCUT2D eigenvalue weighted by atomic mass is 79.9. The van der Waals surface area contributed by atoms with Crippen LogP contribution in [0.15, 0.2) is 4.99 Å². The number of methoxy groups -OCH3 is 2. The summed E-state index contributed by atoms with van der Waals surface area (Å²) in [6.45, 7) is 3.70. The van der Waals surface area contributed by atoms with Crippen molar-refractivity contribution in [2.24, 2.45) is 4.99 Å². The fourth-order valence-electron chi connectivity index (χ4n) is 3.78. The van der Waals surface area contributed by atoms with Crippen LogP contribution in [0.25, 0.3) is 0 Å². The molecule has 0 aromatic heterocycles. The molecule has 0 unspecified atom stereocenters. The summed E-state index contributed by atoms with van der Waals surface area (Å²) in [6.07, 6.45) is -5.80. The maximum absolute atomic E-state index is 13.0. The van der Waals surface area contributed by atoms with E-state index in [-0.39, 0.29) is 12.5 Å². The molecule has 0 radical (unpaired) electrons. The van der Waals surface area contributed by atoms with Crippen LogP contribution in [0.2, 0.25) is 0 Å². The van der Waals surface area contributed by atoms with Gasteiger partial charge in [-0.05, 0) is 0 Å². The summed E-state index contributed by atoms with van der Waals surface area (Å²) in [4.78, 5) is 63.7. The maximum atomic E-state index is 13.0. The number of hydrogen-bond donors (Lipinski definition) is 0. The Bertz CT molecular complexity index is 908. The number of aliphatic imine (C=N–C) groups is 1. The number of halogens is 1. The Kier molecular flexibility index (Phi) is 10.2. The molecule has 0 amide bonds. The third-order valence-corrected chi connectivity index (χ3v) is 6.14. The average molecular weight is 582 g/mol. The van der Waals surface area contributed by atoms with E-state index >= 15 is 0 Å². The van der Waals surface area contributed by atoms with Crippen LogP contribution in [-0.2, 0) is 61.9 Å². The number of esters is 5.